The van der Waals surface area contributed by atoms with Gasteiger partial charge < -0.3 is 10.0 Å². The molecule has 0 bridgehead atoms. The van der Waals surface area contributed by atoms with Gasteiger partial charge in [-0.2, -0.15) is 8.42 Å². The summed E-state index contributed by atoms with van der Waals surface area (Å²) in [6, 6.07) is 9.28. The highest BCUT2D eigenvalue weighted by Gasteiger charge is 2.25. The van der Waals surface area contributed by atoms with E-state index in [-0.39, 0.29) is 11.5 Å². The van der Waals surface area contributed by atoms with Gasteiger partial charge in [0.2, 0.25) is 0 Å². The first-order valence-corrected chi connectivity index (χ1v) is 9.27. The lowest BCUT2D eigenvalue weighted by atomic mass is 10.2. The maximum atomic E-state index is 10.8. The zero-order valence-corrected chi connectivity index (χ0v) is 14.1. The van der Waals surface area contributed by atoms with Crippen molar-refractivity contribution in [3.05, 3.63) is 51.5 Å². The van der Waals surface area contributed by atoms with E-state index in [0.717, 1.165) is 21.2 Å². The number of allylic oxidation sites excluding steroid dienone is 2. The van der Waals surface area contributed by atoms with Crippen molar-refractivity contribution in [3.8, 4) is 0 Å². The molecule has 1 aromatic rings. The first-order valence-electron chi connectivity index (χ1n) is 6.85. The lowest BCUT2D eigenvalue weighted by molar-refractivity contribution is 0.478. The zero-order chi connectivity index (χ0) is 16.3. The van der Waals surface area contributed by atoms with Gasteiger partial charge in [0.15, 0.2) is 5.76 Å². The third kappa shape index (κ3) is 4.06. The van der Waals surface area contributed by atoms with E-state index in [9.17, 15) is 13.5 Å². The van der Waals surface area contributed by atoms with E-state index in [2.05, 4.69) is 0 Å². The SMILES string of the molecule is CC1=C(CCCS(=O)(=O)O)S/C(=C(/O)c2ccccc2)N1C. The normalized spacial score (nSPS) is 18.0. The molecule has 22 heavy (non-hydrogen) atoms. The van der Waals surface area contributed by atoms with Crippen LogP contribution in [0.25, 0.3) is 5.76 Å². The summed E-state index contributed by atoms with van der Waals surface area (Å²) in [7, 11) is -2.06. The Kier molecular flexibility index (Phi) is 5.20. The van der Waals surface area contributed by atoms with Crippen LogP contribution >= 0.6 is 11.8 Å². The van der Waals surface area contributed by atoms with Crippen LogP contribution < -0.4 is 0 Å². The Morgan fingerprint density at radius 2 is 1.91 bits per heavy atom. The van der Waals surface area contributed by atoms with E-state index >= 15 is 0 Å². The molecule has 0 fully saturated rings. The van der Waals surface area contributed by atoms with E-state index in [1.165, 1.54) is 11.8 Å². The number of aliphatic hydroxyl groups is 1. The summed E-state index contributed by atoms with van der Waals surface area (Å²) in [5.41, 5.74) is 1.72. The molecule has 1 aromatic carbocycles. The van der Waals surface area contributed by atoms with Gasteiger partial charge in [-0.05, 0) is 19.8 Å². The quantitative estimate of drug-likeness (QED) is 0.631. The molecular weight excluding hydrogens is 322 g/mol. The first-order chi connectivity index (χ1) is 10.3. The lowest BCUT2D eigenvalue weighted by Gasteiger charge is -2.16. The molecule has 0 spiro atoms. The smallest absolute Gasteiger partial charge is 0.264 e. The minimum atomic E-state index is -3.93. The molecule has 2 rings (SSSR count). The first kappa shape index (κ1) is 16.9. The molecule has 1 aliphatic rings. The maximum Gasteiger partial charge on any atom is 0.264 e. The van der Waals surface area contributed by atoms with Crippen LogP contribution in [-0.2, 0) is 10.1 Å². The van der Waals surface area contributed by atoms with E-state index in [1.54, 1.807) is 0 Å². The highest BCUT2D eigenvalue weighted by atomic mass is 32.2. The molecule has 0 aliphatic carbocycles. The van der Waals surface area contributed by atoms with Crippen molar-refractivity contribution >= 4 is 27.6 Å². The molecule has 0 radical (unpaired) electrons. The number of rotatable bonds is 5. The molecule has 0 unspecified atom stereocenters. The van der Waals surface area contributed by atoms with Gasteiger partial charge >= 0.3 is 0 Å². The number of benzene rings is 1. The molecule has 0 saturated heterocycles. The Bertz CT molecular complexity index is 708. The second-order valence-electron chi connectivity index (χ2n) is 5.08. The average molecular weight is 341 g/mol. The van der Waals surface area contributed by atoms with Crippen molar-refractivity contribution in [1.82, 2.24) is 4.90 Å². The molecular formula is C15H19NO4S2. The van der Waals surface area contributed by atoms with Crippen molar-refractivity contribution in [2.45, 2.75) is 19.8 Å². The second-order valence-corrected chi connectivity index (χ2v) is 7.73. The molecule has 0 aromatic heterocycles. The third-order valence-corrected chi connectivity index (χ3v) is 5.70. The number of hydrogen-bond acceptors (Lipinski definition) is 5. The number of aliphatic hydroxyl groups excluding tert-OH is 1. The summed E-state index contributed by atoms with van der Waals surface area (Å²) >= 11 is 1.44. The minimum absolute atomic E-state index is 0.206. The molecule has 0 saturated carbocycles. The highest BCUT2D eigenvalue weighted by molar-refractivity contribution is 8.07. The molecule has 1 heterocycles. The number of hydrogen-bond donors (Lipinski definition) is 2. The van der Waals surface area contributed by atoms with Crippen LogP contribution in [0.15, 0.2) is 46.0 Å². The maximum absolute atomic E-state index is 10.8. The van der Waals surface area contributed by atoms with Crippen LogP contribution in [0.1, 0.15) is 25.3 Å². The molecule has 7 heteroatoms. The fourth-order valence-electron chi connectivity index (χ4n) is 2.17. The average Bonchev–Trinajstić information content (AvgIpc) is 2.75. The Morgan fingerprint density at radius 3 is 2.50 bits per heavy atom. The van der Waals surface area contributed by atoms with Gasteiger partial charge in [-0.3, -0.25) is 4.55 Å². The Morgan fingerprint density at radius 1 is 1.27 bits per heavy atom. The van der Waals surface area contributed by atoms with E-state index in [4.69, 9.17) is 4.55 Å². The fraction of sp³-hybridized carbons (Fsp3) is 0.333. The predicted molar refractivity (Wildman–Crippen MR) is 89.7 cm³/mol. The molecule has 0 amide bonds. The van der Waals surface area contributed by atoms with Gasteiger partial charge in [-0.25, -0.2) is 0 Å². The summed E-state index contributed by atoms with van der Waals surface area (Å²) in [5, 5.41) is 11.2. The standard InChI is InChI=1S/C15H19NO4S2/c1-11-13(9-6-10-22(18,19)20)21-15(16(11)2)14(17)12-7-4-3-5-8-12/h3-5,7-8,17H,6,9-10H2,1-2H3,(H,18,19,20)/b15-14+. The van der Waals surface area contributed by atoms with Crippen LogP contribution in [0.3, 0.4) is 0 Å². The summed E-state index contributed by atoms with van der Waals surface area (Å²) in [4.78, 5) is 2.90. The van der Waals surface area contributed by atoms with Crippen molar-refractivity contribution < 1.29 is 18.1 Å². The van der Waals surface area contributed by atoms with Gasteiger partial charge in [0.05, 0.1) is 5.75 Å². The number of thioether (sulfide) groups is 1. The van der Waals surface area contributed by atoms with Crippen molar-refractivity contribution in [3.63, 3.8) is 0 Å². The van der Waals surface area contributed by atoms with Crippen LogP contribution in [0, 0.1) is 0 Å². The van der Waals surface area contributed by atoms with Gasteiger partial charge in [0.1, 0.15) is 5.03 Å². The van der Waals surface area contributed by atoms with Crippen molar-refractivity contribution in [2.24, 2.45) is 0 Å². The van der Waals surface area contributed by atoms with Gasteiger partial charge in [-0.15, -0.1) is 0 Å². The van der Waals surface area contributed by atoms with Gasteiger partial charge in [0.25, 0.3) is 10.1 Å². The molecule has 5 nitrogen and oxygen atoms in total. The Labute approximate surface area is 135 Å². The summed E-state index contributed by atoms with van der Waals surface area (Å²) in [5.74, 6) is -0.0464. The molecule has 120 valence electrons. The van der Waals surface area contributed by atoms with Crippen LogP contribution in [0.5, 0.6) is 0 Å². The lowest BCUT2D eigenvalue weighted by Crippen LogP contribution is -2.10. The Hall–Kier alpha value is -1.44. The van der Waals surface area contributed by atoms with E-state index < -0.39 is 10.1 Å². The minimum Gasteiger partial charge on any atom is -0.505 e. The monoisotopic (exact) mass is 341 g/mol. The van der Waals surface area contributed by atoms with Gasteiger partial charge in [-0.1, -0.05) is 42.1 Å². The van der Waals surface area contributed by atoms with Crippen LogP contribution in [-0.4, -0.2) is 35.8 Å². The van der Waals surface area contributed by atoms with E-state index in [1.807, 2.05) is 49.2 Å². The Balaban J connectivity index is 2.14. The molecule has 2 N–H and O–H groups in total. The fourth-order valence-corrected chi connectivity index (χ4v) is 3.93. The third-order valence-electron chi connectivity index (χ3n) is 3.49. The summed E-state index contributed by atoms with van der Waals surface area (Å²) < 4.78 is 30.4. The highest BCUT2D eigenvalue weighted by Crippen LogP contribution is 2.44. The summed E-state index contributed by atoms with van der Waals surface area (Å²) in [6.45, 7) is 1.93. The topological polar surface area (TPSA) is 77.8 Å². The van der Waals surface area contributed by atoms with Crippen molar-refractivity contribution in [2.75, 3.05) is 12.8 Å². The largest absolute Gasteiger partial charge is 0.505 e. The van der Waals surface area contributed by atoms with Crippen LogP contribution in [0.2, 0.25) is 0 Å². The molecule has 1 aliphatic heterocycles. The second kappa shape index (κ2) is 6.76. The zero-order valence-electron chi connectivity index (χ0n) is 12.5. The van der Waals surface area contributed by atoms with E-state index in [0.29, 0.717) is 12.8 Å². The summed E-state index contributed by atoms with van der Waals surface area (Å²) in [6.07, 6.45) is 0.901. The van der Waals surface area contributed by atoms with Gasteiger partial charge in [0, 0.05) is 23.2 Å². The van der Waals surface area contributed by atoms with Crippen LogP contribution in [0.4, 0.5) is 0 Å². The predicted octanol–water partition coefficient (Wildman–Crippen LogP) is 3.45. The number of nitrogens with zero attached hydrogens (tertiary/aromatic N) is 1. The van der Waals surface area contributed by atoms with Crippen molar-refractivity contribution in [1.29, 1.82) is 0 Å². The molecule has 0 atom stereocenters.